The number of sulfonamides is 1. The van der Waals surface area contributed by atoms with Gasteiger partial charge >= 0.3 is 0 Å². The molecule has 2 N–H and O–H groups in total. The molecule has 1 atom stereocenters. The van der Waals surface area contributed by atoms with Crippen LogP contribution in [0.5, 0.6) is 0 Å². The fraction of sp³-hybridized carbons (Fsp3) is 0.294. The summed E-state index contributed by atoms with van der Waals surface area (Å²) in [6.45, 7) is 3.00. The number of rotatable bonds is 7. The van der Waals surface area contributed by atoms with Crippen LogP contribution in [0.3, 0.4) is 0 Å². The Kier molecular flexibility index (Phi) is 6.71. The second-order valence-corrected chi connectivity index (χ2v) is 8.74. The SMILES string of the molecule is C[C@H](c1ccc(S(N)(=O)=O)cc1)N(C)CCSc1ccc(Cl)cc1. The highest BCUT2D eigenvalue weighted by atomic mass is 35.5. The largest absolute Gasteiger partial charge is 0.299 e. The van der Waals surface area contributed by atoms with Crippen molar-refractivity contribution in [2.75, 3.05) is 19.3 Å². The summed E-state index contributed by atoms with van der Waals surface area (Å²) in [7, 11) is -1.58. The average molecular weight is 385 g/mol. The second kappa shape index (κ2) is 8.36. The van der Waals surface area contributed by atoms with Crippen LogP contribution in [0, 0.1) is 0 Å². The summed E-state index contributed by atoms with van der Waals surface area (Å²) in [6, 6.07) is 14.7. The van der Waals surface area contributed by atoms with E-state index in [0.717, 1.165) is 22.9 Å². The van der Waals surface area contributed by atoms with Crippen molar-refractivity contribution < 1.29 is 8.42 Å². The Morgan fingerprint density at radius 3 is 2.25 bits per heavy atom. The predicted octanol–water partition coefficient (Wildman–Crippen LogP) is 3.77. The molecule has 0 aliphatic rings. The molecule has 2 aromatic carbocycles. The fourth-order valence-electron chi connectivity index (χ4n) is 2.22. The molecule has 130 valence electrons. The zero-order chi connectivity index (χ0) is 17.7. The zero-order valence-corrected chi connectivity index (χ0v) is 16.0. The molecule has 0 aromatic heterocycles. The maximum atomic E-state index is 11.3. The van der Waals surface area contributed by atoms with Crippen molar-refractivity contribution in [1.29, 1.82) is 0 Å². The summed E-state index contributed by atoms with van der Waals surface area (Å²) in [5, 5.41) is 5.87. The molecule has 0 heterocycles. The summed E-state index contributed by atoms with van der Waals surface area (Å²) in [5.74, 6) is 0.956. The van der Waals surface area contributed by atoms with Crippen LogP contribution in [0.15, 0.2) is 58.3 Å². The first-order valence-corrected chi connectivity index (χ1v) is 10.4. The molecular formula is C17H21ClN2O2S2. The third-order valence-corrected chi connectivity index (χ3v) is 6.05. The third-order valence-electron chi connectivity index (χ3n) is 3.88. The van der Waals surface area contributed by atoms with Gasteiger partial charge in [0.05, 0.1) is 4.90 Å². The summed E-state index contributed by atoms with van der Waals surface area (Å²) in [5.41, 5.74) is 1.06. The van der Waals surface area contributed by atoms with Gasteiger partial charge in [-0.15, -0.1) is 11.8 Å². The molecule has 0 amide bonds. The van der Waals surface area contributed by atoms with Gasteiger partial charge < -0.3 is 0 Å². The summed E-state index contributed by atoms with van der Waals surface area (Å²) >= 11 is 7.66. The van der Waals surface area contributed by atoms with E-state index in [2.05, 4.69) is 18.9 Å². The van der Waals surface area contributed by atoms with Gasteiger partial charge in [0.25, 0.3) is 0 Å². The lowest BCUT2D eigenvalue weighted by molar-refractivity contribution is 0.278. The molecule has 24 heavy (non-hydrogen) atoms. The van der Waals surface area contributed by atoms with Crippen molar-refractivity contribution >= 4 is 33.4 Å². The zero-order valence-electron chi connectivity index (χ0n) is 13.6. The molecular weight excluding hydrogens is 364 g/mol. The maximum Gasteiger partial charge on any atom is 0.238 e. The fourth-order valence-corrected chi connectivity index (χ4v) is 3.81. The molecule has 4 nitrogen and oxygen atoms in total. The third kappa shape index (κ3) is 5.50. The van der Waals surface area contributed by atoms with Crippen molar-refractivity contribution in [3.05, 3.63) is 59.1 Å². The Labute approximate surface area is 153 Å². The molecule has 0 radical (unpaired) electrons. The lowest BCUT2D eigenvalue weighted by Crippen LogP contribution is -2.25. The number of hydrogen-bond donors (Lipinski definition) is 1. The van der Waals surface area contributed by atoms with Gasteiger partial charge in [-0.25, -0.2) is 13.6 Å². The van der Waals surface area contributed by atoms with Gasteiger partial charge in [0, 0.05) is 28.3 Å². The first-order chi connectivity index (χ1) is 11.3. The summed E-state index contributed by atoms with van der Waals surface area (Å²) in [6.07, 6.45) is 0. The van der Waals surface area contributed by atoms with Crippen LogP contribution in [0.1, 0.15) is 18.5 Å². The summed E-state index contributed by atoms with van der Waals surface area (Å²) in [4.78, 5) is 3.56. The van der Waals surface area contributed by atoms with Gasteiger partial charge in [0.15, 0.2) is 0 Å². The van der Waals surface area contributed by atoms with Crippen LogP contribution in [-0.4, -0.2) is 32.7 Å². The van der Waals surface area contributed by atoms with E-state index in [4.69, 9.17) is 16.7 Å². The van der Waals surface area contributed by atoms with Crippen LogP contribution >= 0.6 is 23.4 Å². The van der Waals surface area contributed by atoms with Crippen molar-refractivity contribution in [2.45, 2.75) is 22.8 Å². The molecule has 0 fully saturated rings. The van der Waals surface area contributed by atoms with E-state index in [1.807, 2.05) is 36.4 Å². The van der Waals surface area contributed by atoms with Gasteiger partial charge in [-0.05, 0) is 55.9 Å². The van der Waals surface area contributed by atoms with E-state index in [0.29, 0.717) is 0 Å². The number of benzene rings is 2. The number of thioether (sulfide) groups is 1. The van der Waals surface area contributed by atoms with Crippen molar-refractivity contribution in [1.82, 2.24) is 4.90 Å². The van der Waals surface area contributed by atoms with Crippen molar-refractivity contribution in [3.8, 4) is 0 Å². The van der Waals surface area contributed by atoms with Crippen LogP contribution in [0.4, 0.5) is 0 Å². The molecule has 0 aliphatic carbocycles. The Bertz CT molecular complexity index is 762. The minimum atomic E-state index is -3.64. The van der Waals surface area contributed by atoms with Gasteiger partial charge in [-0.3, -0.25) is 4.90 Å². The molecule has 2 aromatic rings. The lowest BCUT2D eigenvalue weighted by Gasteiger charge is -2.25. The van der Waals surface area contributed by atoms with Gasteiger partial charge in [0.1, 0.15) is 0 Å². The summed E-state index contributed by atoms with van der Waals surface area (Å²) < 4.78 is 22.6. The number of nitrogens with two attached hydrogens (primary N) is 1. The Hall–Kier alpha value is -1.05. The van der Waals surface area contributed by atoms with Gasteiger partial charge in [-0.1, -0.05) is 23.7 Å². The van der Waals surface area contributed by atoms with Crippen LogP contribution in [0.25, 0.3) is 0 Å². The first-order valence-electron chi connectivity index (χ1n) is 7.49. The van der Waals surface area contributed by atoms with Crippen molar-refractivity contribution in [3.63, 3.8) is 0 Å². The standard InChI is InChI=1S/C17H21ClN2O2S2/c1-13(14-3-9-17(10-4-14)24(19,21)22)20(2)11-12-23-16-7-5-15(18)6-8-16/h3-10,13H,11-12H2,1-2H3,(H2,19,21,22)/t13-/m1/s1. The highest BCUT2D eigenvalue weighted by Crippen LogP contribution is 2.23. The molecule has 0 unspecified atom stereocenters. The Morgan fingerprint density at radius 2 is 1.71 bits per heavy atom. The number of nitrogens with zero attached hydrogens (tertiary/aromatic N) is 1. The molecule has 0 saturated heterocycles. The molecule has 0 saturated carbocycles. The smallest absolute Gasteiger partial charge is 0.238 e. The maximum absolute atomic E-state index is 11.3. The predicted molar refractivity (Wildman–Crippen MR) is 101 cm³/mol. The van der Waals surface area contributed by atoms with E-state index in [1.54, 1.807) is 23.9 Å². The quantitative estimate of drug-likeness (QED) is 0.738. The number of halogens is 1. The topological polar surface area (TPSA) is 63.4 Å². The molecule has 2 rings (SSSR count). The normalized spacial score (nSPS) is 13.2. The minimum Gasteiger partial charge on any atom is -0.299 e. The average Bonchev–Trinajstić information content (AvgIpc) is 2.55. The first kappa shape index (κ1) is 19.3. The molecule has 0 aliphatic heterocycles. The van der Waals surface area contributed by atoms with Gasteiger partial charge in [0.2, 0.25) is 10.0 Å². The highest BCUT2D eigenvalue weighted by Gasteiger charge is 2.13. The monoisotopic (exact) mass is 384 g/mol. The van der Waals surface area contributed by atoms with E-state index in [9.17, 15) is 8.42 Å². The van der Waals surface area contributed by atoms with Crippen molar-refractivity contribution in [2.24, 2.45) is 5.14 Å². The molecule has 7 heteroatoms. The van der Waals surface area contributed by atoms with Crippen LogP contribution < -0.4 is 5.14 Å². The van der Waals surface area contributed by atoms with Crippen LogP contribution in [-0.2, 0) is 10.0 Å². The van der Waals surface area contributed by atoms with E-state index >= 15 is 0 Å². The van der Waals surface area contributed by atoms with E-state index in [1.165, 1.54) is 4.90 Å². The number of primary sulfonamides is 1. The molecule has 0 spiro atoms. The Balaban J connectivity index is 1.89. The minimum absolute atomic E-state index is 0.138. The number of hydrogen-bond acceptors (Lipinski definition) is 4. The van der Waals surface area contributed by atoms with E-state index < -0.39 is 10.0 Å². The van der Waals surface area contributed by atoms with Crippen LogP contribution in [0.2, 0.25) is 5.02 Å². The molecule has 0 bridgehead atoms. The second-order valence-electron chi connectivity index (χ2n) is 5.57. The highest BCUT2D eigenvalue weighted by molar-refractivity contribution is 7.99. The lowest BCUT2D eigenvalue weighted by atomic mass is 10.1. The Morgan fingerprint density at radius 1 is 1.12 bits per heavy atom. The van der Waals surface area contributed by atoms with E-state index in [-0.39, 0.29) is 10.9 Å². The van der Waals surface area contributed by atoms with Gasteiger partial charge in [-0.2, -0.15) is 0 Å².